The van der Waals surface area contributed by atoms with Gasteiger partial charge >= 0.3 is 12.3 Å². The van der Waals surface area contributed by atoms with Crippen LogP contribution in [0.5, 0.6) is 0 Å². The fourth-order valence-corrected chi connectivity index (χ4v) is 3.70. The van der Waals surface area contributed by atoms with Gasteiger partial charge in [0.25, 0.3) is 0 Å². The van der Waals surface area contributed by atoms with Gasteiger partial charge in [-0.1, -0.05) is 6.07 Å². The Morgan fingerprint density at radius 3 is 2.30 bits per heavy atom. The Morgan fingerprint density at radius 1 is 1.17 bits per heavy atom. The van der Waals surface area contributed by atoms with Gasteiger partial charge in [-0.2, -0.15) is 18.4 Å². The van der Waals surface area contributed by atoms with Gasteiger partial charge in [-0.15, -0.1) is 0 Å². The predicted octanol–water partition coefficient (Wildman–Crippen LogP) is 4.61. The third kappa shape index (κ3) is 4.18. The molecule has 1 aromatic carbocycles. The number of ether oxygens (including phenoxy) is 1. The zero-order valence-corrected chi connectivity index (χ0v) is 17.5. The smallest absolute Gasteiger partial charge is 0.416 e. The maximum absolute atomic E-state index is 13.2. The van der Waals surface area contributed by atoms with Gasteiger partial charge in [-0.3, -0.25) is 0 Å². The molecule has 162 valence electrons. The number of nitrogens with zero attached hydrogens (tertiary/aromatic N) is 4. The second-order valence-corrected chi connectivity index (χ2v) is 8.24. The van der Waals surface area contributed by atoms with Crippen LogP contribution >= 0.6 is 0 Å². The molecule has 30 heavy (non-hydrogen) atoms. The van der Waals surface area contributed by atoms with Gasteiger partial charge in [-0.05, 0) is 39.8 Å². The number of alkyl halides is 3. The van der Waals surface area contributed by atoms with Gasteiger partial charge < -0.3 is 19.1 Å². The summed E-state index contributed by atoms with van der Waals surface area (Å²) in [6, 6.07) is 5.63. The number of benzene rings is 1. The minimum absolute atomic E-state index is 0.353. The van der Waals surface area contributed by atoms with Crippen LogP contribution in [0, 0.1) is 11.3 Å². The van der Waals surface area contributed by atoms with Gasteiger partial charge in [0.1, 0.15) is 23.1 Å². The standard InChI is InChI=1S/C21H25F3N4O2/c1-5-28-17-12-14(21(22,23)24)6-7-15(17)16(13-25)18(28)26-8-10-27(11-9-26)19(29)30-20(2,3)4/h6-7,12H,5,8-11H2,1-4H3. The van der Waals surface area contributed by atoms with E-state index in [1.165, 1.54) is 6.07 Å². The van der Waals surface area contributed by atoms with Crippen LogP contribution in [0.4, 0.5) is 23.8 Å². The molecule has 0 atom stereocenters. The number of aromatic nitrogens is 1. The quantitative estimate of drug-likeness (QED) is 0.709. The molecule has 1 amide bonds. The second kappa shape index (κ2) is 7.74. The van der Waals surface area contributed by atoms with E-state index in [4.69, 9.17) is 4.74 Å². The lowest BCUT2D eigenvalue weighted by Gasteiger charge is -2.37. The minimum Gasteiger partial charge on any atom is -0.444 e. The van der Waals surface area contributed by atoms with Gasteiger partial charge in [0.2, 0.25) is 0 Å². The Bertz CT molecular complexity index is 991. The SMILES string of the molecule is CCn1c(N2CCN(C(=O)OC(C)(C)C)CC2)c(C#N)c2ccc(C(F)(F)F)cc21. The second-order valence-electron chi connectivity index (χ2n) is 8.24. The molecule has 2 aromatic rings. The fourth-order valence-electron chi connectivity index (χ4n) is 3.70. The lowest BCUT2D eigenvalue weighted by Crippen LogP contribution is -2.50. The summed E-state index contributed by atoms with van der Waals surface area (Å²) in [6.45, 7) is 9.37. The van der Waals surface area contributed by atoms with Crippen LogP contribution in [-0.2, 0) is 17.5 Å². The molecule has 0 spiro atoms. The van der Waals surface area contributed by atoms with Gasteiger partial charge in [0.05, 0.1) is 11.1 Å². The molecule has 1 aliphatic rings. The van der Waals surface area contributed by atoms with Crippen molar-refractivity contribution in [1.82, 2.24) is 9.47 Å². The highest BCUT2D eigenvalue weighted by Crippen LogP contribution is 2.37. The molecule has 0 aliphatic carbocycles. The topological polar surface area (TPSA) is 61.5 Å². The molecule has 6 nitrogen and oxygen atoms in total. The summed E-state index contributed by atoms with van der Waals surface area (Å²) in [6.07, 6.45) is -4.85. The van der Waals surface area contributed by atoms with Crippen LogP contribution in [0.3, 0.4) is 0 Å². The van der Waals surface area contributed by atoms with Gasteiger partial charge in [-0.25, -0.2) is 4.79 Å². The van der Waals surface area contributed by atoms with Crippen molar-refractivity contribution in [2.45, 2.75) is 46.0 Å². The summed E-state index contributed by atoms with van der Waals surface area (Å²) in [5, 5.41) is 10.3. The van der Waals surface area contributed by atoms with Crippen molar-refractivity contribution in [2.75, 3.05) is 31.1 Å². The van der Waals surface area contributed by atoms with E-state index in [-0.39, 0.29) is 0 Å². The Kier molecular flexibility index (Phi) is 5.63. The van der Waals surface area contributed by atoms with Gasteiger partial charge in [0.15, 0.2) is 0 Å². The molecule has 0 saturated carbocycles. The first-order chi connectivity index (χ1) is 14.0. The average Bonchev–Trinajstić information content (AvgIpc) is 2.98. The summed E-state index contributed by atoms with van der Waals surface area (Å²) in [4.78, 5) is 15.9. The summed E-state index contributed by atoms with van der Waals surface area (Å²) in [7, 11) is 0. The van der Waals surface area contributed by atoms with Crippen LogP contribution in [0.15, 0.2) is 18.2 Å². The van der Waals surface area contributed by atoms with E-state index >= 15 is 0 Å². The Balaban J connectivity index is 1.93. The maximum Gasteiger partial charge on any atom is 0.416 e. The van der Waals surface area contributed by atoms with E-state index in [2.05, 4.69) is 6.07 Å². The highest BCUT2D eigenvalue weighted by Gasteiger charge is 2.33. The lowest BCUT2D eigenvalue weighted by atomic mass is 10.1. The van der Waals surface area contributed by atoms with E-state index in [1.54, 1.807) is 30.2 Å². The van der Waals surface area contributed by atoms with Crippen LogP contribution in [-0.4, -0.2) is 47.3 Å². The summed E-state index contributed by atoms with van der Waals surface area (Å²) in [5.41, 5.74) is -0.597. The molecule has 9 heteroatoms. The maximum atomic E-state index is 13.2. The number of fused-ring (bicyclic) bond motifs is 1. The Labute approximate surface area is 173 Å². The Morgan fingerprint density at radius 2 is 1.80 bits per heavy atom. The van der Waals surface area contributed by atoms with E-state index in [9.17, 15) is 23.2 Å². The normalized spacial score (nSPS) is 15.4. The van der Waals surface area contributed by atoms with E-state index in [1.807, 2.05) is 11.8 Å². The number of anilines is 1. The third-order valence-electron chi connectivity index (χ3n) is 5.02. The first-order valence-corrected chi connectivity index (χ1v) is 9.82. The molecule has 2 heterocycles. The summed E-state index contributed by atoms with van der Waals surface area (Å²) < 4.78 is 46.7. The van der Waals surface area contributed by atoms with E-state index in [0.29, 0.717) is 55.0 Å². The first kappa shape index (κ1) is 21.8. The fraction of sp³-hybridized carbons (Fsp3) is 0.524. The number of hydrogen-bond acceptors (Lipinski definition) is 4. The number of nitriles is 1. The number of aryl methyl sites for hydroxylation is 1. The zero-order chi connectivity index (χ0) is 22.3. The number of carbonyl (C=O) groups excluding carboxylic acids is 1. The molecule has 1 aromatic heterocycles. The number of carbonyl (C=O) groups is 1. The van der Waals surface area contributed by atoms with Gasteiger partial charge in [0, 0.05) is 38.1 Å². The molecule has 1 aliphatic heterocycles. The number of piperazine rings is 1. The highest BCUT2D eigenvalue weighted by atomic mass is 19.4. The van der Waals surface area contributed by atoms with Crippen molar-refractivity contribution < 1.29 is 22.7 Å². The van der Waals surface area contributed by atoms with Crippen molar-refractivity contribution >= 4 is 22.8 Å². The molecular formula is C21H25F3N4O2. The van der Waals surface area contributed by atoms with Crippen molar-refractivity contribution in [2.24, 2.45) is 0 Å². The molecule has 0 radical (unpaired) electrons. The molecular weight excluding hydrogens is 397 g/mol. The molecule has 1 fully saturated rings. The van der Waals surface area contributed by atoms with Crippen LogP contribution in [0.2, 0.25) is 0 Å². The molecule has 3 rings (SSSR count). The lowest BCUT2D eigenvalue weighted by molar-refractivity contribution is -0.137. The molecule has 1 saturated heterocycles. The minimum atomic E-state index is -4.46. The highest BCUT2D eigenvalue weighted by molar-refractivity contribution is 5.93. The molecule has 0 unspecified atom stereocenters. The van der Waals surface area contributed by atoms with Crippen LogP contribution < -0.4 is 4.90 Å². The van der Waals surface area contributed by atoms with Crippen LogP contribution in [0.1, 0.15) is 38.8 Å². The van der Waals surface area contributed by atoms with Crippen molar-refractivity contribution in [1.29, 1.82) is 5.26 Å². The number of halogens is 3. The van der Waals surface area contributed by atoms with Crippen LogP contribution in [0.25, 0.3) is 10.9 Å². The largest absolute Gasteiger partial charge is 0.444 e. The number of amides is 1. The monoisotopic (exact) mass is 422 g/mol. The van der Waals surface area contributed by atoms with E-state index < -0.39 is 23.4 Å². The third-order valence-corrected chi connectivity index (χ3v) is 5.02. The van der Waals surface area contributed by atoms with Crippen molar-refractivity contribution in [3.05, 3.63) is 29.3 Å². The zero-order valence-electron chi connectivity index (χ0n) is 17.5. The first-order valence-electron chi connectivity index (χ1n) is 9.82. The van der Waals surface area contributed by atoms with Crippen molar-refractivity contribution in [3.8, 4) is 6.07 Å². The summed E-state index contributed by atoms with van der Waals surface area (Å²) in [5.74, 6) is 0.596. The van der Waals surface area contributed by atoms with E-state index in [0.717, 1.165) is 12.1 Å². The van der Waals surface area contributed by atoms with Crippen molar-refractivity contribution in [3.63, 3.8) is 0 Å². The average molecular weight is 422 g/mol. The summed E-state index contributed by atoms with van der Waals surface area (Å²) >= 11 is 0. The number of rotatable bonds is 2. The predicted molar refractivity (Wildman–Crippen MR) is 107 cm³/mol. The molecule has 0 bridgehead atoms. The Hall–Kier alpha value is -2.89. The molecule has 0 N–H and O–H groups in total. The number of hydrogen-bond donors (Lipinski definition) is 0.